The van der Waals surface area contributed by atoms with Gasteiger partial charge in [-0.05, 0) is 63.2 Å². The minimum atomic E-state index is 0.505. The van der Waals surface area contributed by atoms with E-state index in [-0.39, 0.29) is 0 Å². The predicted molar refractivity (Wildman–Crippen MR) is 98.8 cm³/mol. The van der Waals surface area contributed by atoms with Gasteiger partial charge in [0.2, 0.25) is 0 Å². The molecular formula is C21H40. The second-order valence-corrected chi connectivity index (χ2v) is 7.09. The normalized spacial score (nSPS) is 11.3. The molecule has 0 radical (unpaired) electrons. The molecule has 21 heavy (non-hydrogen) atoms. The van der Waals surface area contributed by atoms with Crippen molar-refractivity contribution in [2.75, 3.05) is 0 Å². The average molecular weight is 293 g/mol. The van der Waals surface area contributed by atoms with Crippen LogP contribution in [0.5, 0.6) is 0 Å². The van der Waals surface area contributed by atoms with Crippen LogP contribution in [-0.4, -0.2) is 0 Å². The van der Waals surface area contributed by atoms with Crippen molar-refractivity contribution in [1.29, 1.82) is 0 Å². The standard InChI is InChI=1S/C21H40/c1-7-19(8-2)15-12-11-13-17-21(5,6)18-14-16-20(9-3)10-4/h15-16H,7-14,17-18H2,1-6H3. The molecule has 0 aliphatic heterocycles. The molecule has 0 heterocycles. The molecule has 0 aromatic carbocycles. The van der Waals surface area contributed by atoms with Crippen molar-refractivity contribution in [3.63, 3.8) is 0 Å². The molecule has 0 rings (SSSR count). The first kappa shape index (κ1) is 20.5. The van der Waals surface area contributed by atoms with Crippen molar-refractivity contribution in [2.45, 2.75) is 106 Å². The monoisotopic (exact) mass is 292 g/mol. The van der Waals surface area contributed by atoms with Crippen LogP contribution in [-0.2, 0) is 0 Å². The highest BCUT2D eigenvalue weighted by Crippen LogP contribution is 2.30. The zero-order valence-corrected chi connectivity index (χ0v) is 15.7. The minimum absolute atomic E-state index is 0.505. The van der Waals surface area contributed by atoms with E-state index in [1.165, 1.54) is 64.2 Å². The summed E-state index contributed by atoms with van der Waals surface area (Å²) in [5.74, 6) is 0. The van der Waals surface area contributed by atoms with Crippen LogP contribution in [0.1, 0.15) is 106 Å². The topological polar surface area (TPSA) is 0 Å². The SMILES string of the molecule is CCC(=CCCCCC(C)(C)CCC=C(CC)CC)CC. The van der Waals surface area contributed by atoms with Crippen molar-refractivity contribution in [2.24, 2.45) is 5.41 Å². The van der Waals surface area contributed by atoms with Gasteiger partial charge in [0.25, 0.3) is 0 Å². The summed E-state index contributed by atoms with van der Waals surface area (Å²) in [6, 6.07) is 0. The Balaban J connectivity index is 3.92. The maximum atomic E-state index is 2.49. The van der Waals surface area contributed by atoms with Crippen molar-refractivity contribution < 1.29 is 0 Å². The molecule has 124 valence electrons. The van der Waals surface area contributed by atoms with E-state index in [0.717, 1.165) is 0 Å². The molecule has 0 unspecified atom stereocenters. The van der Waals surface area contributed by atoms with E-state index in [4.69, 9.17) is 0 Å². The molecule has 0 N–H and O–H groups in total. The second kappa shape index (κ2) is 12.1. The lowest BCUT2D eigenvalue weighted by molar-refractivity contribution is 0.298. The highest BCUT2D eigenvalue weighted by atomic mass is 14.2. The molecule has 0 amide bonds. The lowest BCUT2D eigenvalue weighted by atomic mass is 9.82. The summed E-state index contributed by atoms with van der Waals surface area (Å²) in [7, 11) is 0. The van der Waals surface area contributed by atoms with E-state index < -0.39 is 0 Å². The van der Waals surface area contributed by atoms with Gasteiger partial charge in [0.05, 0.1) is 0 Å². The fourth-order valence-corrected chi connectivity index (χ4v) is 2.92. The van der Waals surface area contributed by atoms with E-state index in [0.29, 0.717) is 5.41 Å². The summed E-state index contributed by atoms with van der Waals surface area (Å²) in [6.45, 7) is 14.0. The molecular weight excluding hydrogens is 252 g/mol. The fourth-order valence-electron chi connectivity index (χ4n) is 2.92. The predicted octanol–water partition coefficient (Wildman–Crippen LogP) is 7.85. The minimum Gasteiger partial charge on any atom is -0.0854 e. The molecule has 0 saturated carbocycles. The maximum absolute atomic E-state index is 2.49. The largest absolute Gasteiger partial charge is 0.0854 e. The van der Waals surface area contributed by atoms with E-state index in [1.54, 1.807) is 11.1 Å². The Morgan fingerprint density at radius 1 is 0.667 bits per heavy atom. The number of allylic oxidation sites excluding steroid dienone is 4. The van der Waals surface area contributed by atoms with Crippen molar-refractivity contribution in [3.05, 3.63) is 23.3 Å². The quantitative estimate of drug-likeness (QED) is 0.254. The van der Waals surface area contributed by atoms with Crippen molar-refractivity contribution in [3.8, 4) is 0 Å². The van der Waals surface area contributed by atoms with Gasteiger partial charge in [0.15, 0.2) is 0 Å². The molecule has 0 fully saturated rings. The van der Waals surface area contributed by atoms with Gasteiger partial charge in [-0.3, -0.25) is 0 Å². The number of rotatable bonds is 12. The molecule has 0 atom stereocenters. The molecule has 0 aliphatic rings. The highest BCUT2D eigenvalue weighted by molar-refractivity contribution is 5.01. The summed E-state index contributed by atoms with van der Waals surface area (Å²) in [6.07, 6.45) is 17.8. The van der Waals surface area contributed by atoms with Gasteiger partial charge in [-0.25, -0.2) is 0 Å². The van der Waals surface area contributed by atoms with Gasteiger partial charge < -0.3 is 0 Å². The van der Waals surface area contributed by atoms with Gasteiger partial charge >= 0.3 is 0 Å². The number of unbranched alkanes of at least 4 members (excludes halogenated alkanes) is 2. The third-order valence-electron chi connectivity index (χ3n) is 4.81. The van der Waals surface area contributed by atoms with E-state index in [1.807, 2.05) is 0 Å². The summed E-state index contributed by atoms with van der Waals surface area (Å²) < 4.78 is 0. The van der Waals surface area contributed by atoms with Crippen LogP contribution >= 0.6 is 0 Å². The van der Waals surface area contributed by atoms with Gasteiger partial charge in [-0.15, -0.1) is 0 Å². The second-order valence-electron chi connectivity index (χ2n) is 7.09. The van der Waals surface area contributed by atoms with Crippen LogP contribution in [0.15, 0.2) is 23.3 Å². The van der Waals surface area contributed by atoms with E-state index >= 15 is 0 Å². The molecule has 0 saturated heterocycles. The molecule has 0 aliphatic carbocycles. The number of hydrogen-bond donors (Lipinski definition) is 0. The Morgan fingerprint density at radius 3 is 1.62 bits per heavy atom. The lowest BCUT2D eigenvalue weighted by Crippen LogP contribution is -2.10. The molecule has 0 aromatic rings. The van der Waals surface area contributed by atoms with Crippen LogP contribution in [0.4, 0.5) is 0 Å². The van der Waals surface area contributed by atoms with Crippen LogP contribution < -0.4 is 0 Å². The van der Waals surface area contributed by atoms with Gasteiger partial charge in [0, 0.05) is 0 Å². The Kier molecular flexibility index (Phi) is 11.8. The third-order valence-corrected chi connectivity index (χ3v) is 4.81. The Labute approximate surface area is 135 Å². The summed E-state index contributed by atoms with van der Waals surface area (Å²) in [5.41, 5.74) is 3.76. The van der Waals surface area contributed by atoms with E-state index in [2.05, 4.69) is 53.7 Å². The first-order chi connectivity index (χ1) is 9.99. The maximum Gasteiger partial charge on any atom is -0.0343 e. The molecule has 0 heteroatoms. The van der Waals surface area contributed by atoms with Gasteiger partial charge in [-0.2, -0.15) is 0 Å². The van der Waals surface area contributed by atoms with E-state index in [9.17, 15) is 0 Å². The smallest absolute Gasteiger partial charge is 0.0343 e. The third kappa shape index (κ3) is 10.8. The Hall–Kier alpha value is -0.520. The summed E-state index contributed by atoms with van der Waals surface area (Å²) in [5, 5.41) is 0. The van der Waals surface area contributed by atoms with Gasteiger partial charge in [0.1, 0.15) is 0 Å². The van der Waals surface area contributed by atoms with Crippen LogP contribution in [0.25, 0.3) is 0 Å². The summed E-state index contributed by atoms with van der Waals surface area (Å²) in [4.78, 5) is 0. The zero-order chi connectivity index (χ0) is 16.1. The zero-order valence-electron chi connectivity index (χ0n) is 15.7. The molecule has 0 nitrogen and oxygen atoms in total. The first-order valence-electron chi connectivity index (χ1n) is 9.34. The summed E-state index contributed by atoms with van der Waals surface area (Å²) >= 11 is 0. The highest BCUT2D eigenvalue weighted by Gasteiger charge is 2.16. The Bertz CT molecular complexity index is 292. The number of hydrogen-bond acceptors (Lipinski definition) is 0. The van der Waals surface area contributed by atoms with Gasteiger partial charge in [-0.1, -0.05) is 71.3 Å². The van der Waals surface area contributed by atoms with Crippen LogP contribution in [0, 0.1) is 5.41 Å². The first-order valence-corrected chi connectivity index (χ1v) is 9.34. The molecule has 0 bridgehead atoms. The van der Waals surface area contributed by atoms with Crippen molar-refractivity contribution >= 4 is 0 Å². The van der Waals surface area contributed by atoms with Crippen LogP contribution in [0.3, 0.4) is 0 Å². The average Bonchev–Trinajstić information content (AvgIpc) is 2.47. The fraction of sp³-hybridized carbons (Fsp3) is 0.810. The molecule has 0 aromatic heterocycles. The van der Waals surface area contributed by atoms with Crippen molar-refractivity contribution in [1.82, 2.24) is 0 Å². The van der Waals surface area contributed by atoms with Crippen LogP contribution in [0.2, 0.25) is 0 Å². The Morgan fingerprint density at radius 2 is 1.14 bits per heavy atom. The lowest BCUT2D eigenvalue weighted by Gasteiger charge is -2.24. The molecule has 0 spiro atoms.